The number of carboxylic acids is 1. The summed E-state index contributed by atoms with van der Waals surface area (Å²) in [5.74, 6) is -0.958. The fourth-order valence-electron chi connectivity index (χ4n) is 3.06. The number of fused-ring (bicyclic) bond motifs is 2. The second-order valence-corrected chi connectivity index (χ2v) is 6.86. The van der Waals surface area contributed by atoms with Gasteiger partial charge in [0.2, 0.25) is 5.91 Å². The molecular weight excluding hydrogens is 374 g/mol. The molecule has 10 heteroatoms. The summed E-state index contributed by atoms with van der Waals surface area (Å²) in [4.78, 5) is 21.5. The quantitative estimate of drug-likeness (QED) is 0.361. The Morgan fingerprint density at radius 3 is 2.25 bits per heavy atom. The van der Waals surface area contributed by atoms with Gasteiger partial charge in [0.25, 0.3) is 0 Å². The van der Waals surface area contributed by atoms with Crippen molar-refractivity contribution in [3.63, 3.8) is 0 Å². The summed E-state index contributed by atoms with van der Waals surface area (Å²) >= 11 is 0. The SMILES string of the molecule is CC(=O)N[C@@H]1CC[C@]2(COCCOCCOCCOCCC(=O)O)CO[C@H]1O2. The lowest BCUT2D eigenvalue weighted by atomic mass is 9.94. The number of rotatable bonds is 15. The summed E-state index contributed by atoms with van der Waals surface area (Å²) in [6.45, 7) is 5.14. The van der Waals surface area contributed by atoms with Crippen molar-refractivity contribution in [2.24, 2.45) is 0 Å². The van der Waals surface area contributed by atoms with Gasteiger partial charge < -0.3 is 38.8 Å². The minimum atomic E-state index is -0.874. The maximum absolute atomic E-state index is 11.2. The molecule has 0 spiro atoms. The van der Waals surface area contributed by atoms with Gasteiger partial charge in [-0.2, -0.15) is 0 Å². The van der Waals surface area contributed by atoms with E-state index in [1.54, 1.807) is 0 Å². The fourth-order valence-corrected chi connectivity index (χ4v) is 3.06. The molecule has 0 aromatic rings. The van der Waals surface area contributed by atoms with E-state index in [4.69, 9.17) is 33.5 Å². The molecule has 0 unspecified atom stereocenters. The van der Waals surface area contributed by atoms with Gasteiger partial charge in [-0.25, -0.2) is 0 Å². The molecule has 2 N–H and O–H groups in total. The molecule has 0 aromatic carbocycles. The Kier molecular flexibility index (Phi) is 10.1. The minimum Gasteiger partial charge on any atom is -0.481 e. The van der Waals surface area contributed by atoms with Crippen LogP contribution in [0, 0.1) is 0 Å². The van der Waals surface area contributed by atoms with Gasteiger partial charge in [-0.15, -0.1) is 0 Å². The summed E-state index contributed by atoms with van der Waals surface area (Å²) in [6, 6.07) is -0.0981. The molecule has 2 fully saturated rings. The third-order valence-electron chi connectivity index (χ3n) is 4.45. The van der Waals surface area contributed by atoms with Crippen LogP contribution in [-0.4, -0.2) is 94.4 Å². The molecule has 0 radical (unpaired) electrons. The van der Waals surface area contributed by atoms with Crippen LogP contribution in [0.1, 0.15) is 26.2 Å². The summed E-state index contributed by atoms with van der Waals surface area (Å²) < 4.78 is 33.1. The second-order valence-electron chi connectivity index (χ2n) is 6.86. The Bertz CT molecular complexity index is 490. The predicted octanol–water partition coefficient (Wildman–Crippen LogP) is -0.0623. The number of carbonyl (C=O) groups is 2. The van der Waals surface area contributed by atoms with Crippen LogP contribution in [0.4, 0.5) is 0 Å². The van der Waals surface area contributed by atoms with Crippen molar-refractivity contribution in [1.82, 2.24) is 5.32 Å². The smallest absolute Gasteiger partial charge is 0.305 e. The summed E-state index contributed by atoms with van der Waals surface area (Å²) in [7, 11) is 0. The number of aliphatic carboxylic acids is 1. The summed E-state index contributed by atoms with van der Waals surface area (Å²) in [5, 5.41) is 11.3. The molecule has 28 heavy (non-hydrogen) atoms. The Balaban J connectivity index is 1.40. The molecule has 3 atom stereocenters. The maximum Gasteiger partial charge on any atom is 0.305 e. The van der Waals surface area contributed by atoms with Crippen molar-refractivity contribution in [2.45, 2.75) is 44.1 Å². The van der Waals surface area contributed by atoms with Crippen molar-refractivity contribution in [3.8, 4) is 0 Å². The first kappa shape index (κ1) is 23.0. The van der Waals surface area contributed by atoms with E-state index in [1.165, 1.54) is 6.92 Å². The van der Waals surface area contributed by atoms with E-state index in [0.717, 1.165) is 12.8 Å². The van der Waals surface area contributed by atoms with Gasteiger partial charge in [-0.05, 0) is 12.8 Å². The van der Waals surface area contributed by atoms with Crippen molar-refractivity contribution in [1.29, 1.82) is 0 Å². The zero-order valence-electron chi connectivity index (χ0n) is 16.4. The van der Waals surface area contributed by atoms with Gasteiger partial charge in [0.15, 0.2) is 6.29 Å². The molecule has 2 aliphatic heterocycles. The molecule has 2 heterocycles. The first-order chi connectivity index (χ1) is 13.5. The topological polar surface area (TPSA) is 122 Å². The molecule has 2 saturated heterocycles. The zero-order valence-corrected chi connectivity index (χ0v) is 16.4. The number of carboxylic acid groups (broad SMARTS) is 1. The van der Waals surface area contributed by atoms with Crippen molar-refractivity contribution in [2.75, 3.05) is 59.5 Å². The standard InChI is InChI=1S/C18H31NO9/c1-14(20)19-15-2-4-18(13-27-17(15)28-18)12-26-11-10-25-9-8-24-7-6-23-5-3-16(21)22/h15,17H,2-13H2,1H3,(H,19,20)(H,21,22)/t15-,17+,18+/m1/s1. The Morgan fingerprint density at radius 1 is 1.04 bits per heavy atom. The second kappa shape index (κ2) is 12.3. The van der Waals surface area contributed by atoms with E-state index in [0.29, 0.717) is 52.9 Å². The molecule has 2 aliphatic rings. The first-order valence-corrected chi connectivity index (χ1v) is 9.60. The van der Waals surface area contributed by atoms with Crippen LogP contribution in [0.3, 0.4) is 0 Å². The van der Waals surface area contributed by atoms with Gasteiger partial charge in [-0.3, -0.25) is 9.59 Å². The first-order valence-electron chi connectivity index (χ1n) is 9.60. The number of nitrogens with one attached hydrogen (secondary N) is 1. The Hall–Kier alpha value is -1.30. The number of hydrogen-bond acceptors (Lipinski definition) is 8. The van der Waals surface area contributed by atoms with Gasteiger partial charge in [0.1, 0.15) is 5.60 Å². The Labute approximate surface area is 164 Å². The van der Waals surface area contributed by atoms with Gasteiger partial charge in [0, 0.05) is 6.92 Å². The summed E-state index contributed by atoms with van der Waals surface area (Å²) in [5.41, 5.74) is -0.427. The minimum absolute atomic E-state index is 0.00188. The van der Waals surface area contributed by atoms with E-state index in [9.17, 15) is 9.59 Å². The lowest BCUT2D eigenvalue weighted by Crippen LogP contribution is -2.50. The Morgan fingerprint density at radius 2 is 1.64 bits per heavy atom. The highest BCUT2D eigenvalue weighted by Gasteiger charge is 2.49. The van der Waals surface area contributed by atoms with Crippen molar-refractivity contribution < 1.29 is 43.1 Å². The molecule has 0 saturated carbocycles. The lowest BCUT2D eigenvalue weighted by Gasteiger charge is -2.35. The largest absolute Gasteiger partial charge is 0.481 e. The van der Waals surface area contributed by atoms with E-state index < -0.39 is 17.9 Å². The van der Waals surface area contributed by atoms with Crippen LogP contribution in [0.15, 0.2) is 0 Å². The fraction of sp³-hybridized carbons (Fsp3) is 0.889. The third-order valence-corrected chi connectivity index (χ3v) is 4.45. The normalized spacial score (nSPS) is 26.3. The van der Waals surface area contributed by atoms with E-state index in [2.05, 4.69) is 5.32 Å². The number of hydrogen-bond donors (Lipinski definition) is 2. The van der Waals surface area contributed by atoms with Gasteiger partial charge in [0.05, 0.1) is 71.9 Å². The van der Waals surface area contributed by atoms with Crippen LogP contribution >= 0.6 is 0 Å². The predicted molar refractivity (Wildman–Crippen MR) is 95.9 cm³/mol. The molecule has 10 nitrogen and oxygen atoms in total. The highest BCUT2D eigenvalue weighted by Crippen LogP contribution is 2.36. The number of amides is 1. The molecule has 1 amide bonds. The average molecular weight is 405 g/mol. The van der Waals surface area contributed by atoms with E-state index in [1.807, 2.05) is 0 Å². The average Bonchev–Trinajstić information content (AvgIpc) is 2.99. The zero-order chi connectivity index (χ0) is 20.2. The van der Waals surface area contributed by atoms with E-state index in [-0.39, 0.29) is 25.0 Å². The molecule has 2 bridgehead atoms. The molecule has 0 aliphatic carbocycles. The van der Waals surface area contributed by atoms with Crippen LogP contribution in [0.25, 0.3) is 0 Å². The molecule has 0 aromatic heterocycles. The molecular formula is C18H31NO9. The van der Waals surface area contributed by atoms with Crippen LogP contribution in [0.2, 0.25) is 0 Å². The lowest BCUT2D eigenvalue weighted by molar-refractivity contribution is -0.161. The summed E-state index contributed by atoms with van der Waals surface area (Å²) in [6.07, 6.45) is 1.18. The van der Waals surface area contributed by atoms with Crippen LogP contribution in [0.5, 0.6) is 0 Å². The van der Waals surface area contributed by atoms with Crippen LogP contribution in [-0.2, 0) is 38.0 Å². The number of carbonyl (C=O) groups excluding carboxylic acids is 1. The van der Waals surface area contributed by atoms with E-state index >= 15 is 0 Å². The van der Waals surface area contributed by atoms with Crippen molar-refractivity contribution >= 4 is 11.9 Å². The van der Waals surface area contributed by atoms with Crippen LogP contribution < -0.4 is 5.32 Å². The number of ether oxygens (including phenoxy) is 6. The van der Waals surface area contributed by atoms with Gasteiger partial charge in [-0.1, -0.05) is 0 Å². The molecule has 2 rings (SSSR count). The maximum atomic E-state index is 11.2. The van der Waals surface area contributed by atoms with Gasteiger partial charge >= 0.3 is 5.97 Å². The third kappa shape index (κ3) is 8.38. The molecule has 162 valence electrons. The van der Waals surface area contributed by atoms with Crippen molar-refractivity contribution in [3.05, 3.63) is 0 Å². The highest BCUT2D eigenvalue weighted by atomic mass is 16.7. The monoisotopic (exact) mass is 405 g/mol. The highest BCUT2D eigenvalue weighted by molar-refractivity contribution is 5.73.